The molecule has 0 saturated heterocycles. The van der Waals surface area contributed by atoms with Crippen LogP contribution in [0.5, 0.6) is 0 Å². The van der Waals surface area contributed by atoms with E-state index in [0.717, 1.165) is 21.7 Å². The van der Waals surface area contributed by atoms with Gasteiger partial charge in [-0.1, -0.05) is 0 Å². The van der Waals surface area contributed by atoms with Gasteiger partial charge in [-0.05, 0) is 43.7 Å². The molecule has 0 aliphatic heterocycles. The van der Waals surface area contributed by atoms with E-state index in [0.29, 0.717) is 0 Å². The summed E-state index contributed by atoms with van der Waals surface area (Å²) < 4.78 is 12.9. The van der Waals surface area contributed by atoms with Gasteiger partial charge >= 0.3 is 0 Å². The first kappa shape index (κ1) is 12.0. The molecule has 0 unspecified atom stereocenters. The monoisotopic (exact) mass is 273 g/mol. The van der Waals surface area contributed by atoms with Crippen LogP contribution in [0.25, 0.3) is 10.2 Å². The van der Waals surface area contributed by atoms with Crippen LogP contribution in [0, 0.1) is 19.7 Å². The summed E-state index contributed by atoms with van der Waals surface area (Å²) in [7, 11) is 0. The third-order valence-corrected chi connectivity index (χ3v) is 4.19. The van der Waals surface area contributed by atoms with Crippen LogP contribution >= 0.6 is 11.3 Å². The van der Waals surface area contributed by atoms with Gasteiger partial charge in [-0.3, -0.25) is 0 Å². The molecule has 3 rings (SSSR count). The second-order valence-electron chi connectivity index (χ2n) is 4.32. The van der Waals surface area contributed by atoms with Crippen molar-refractivity contribution in [1.29, 1.82) is 0 Å². The second kappa shape index (κ2) is 4.59. The molecular formula is C14H12FN3S. The first-order chi connectivity index (χ1) is 9.15. The van der Waals surface area contributed by atoms with E-state index in [1.54, 1.807) is 29.8 Å². The highest BCUT2D eigenvalue weighted by Gasteiger charge is 2.11. The maximum atomic E-state index is 12.9. The van der Waals surface area contributed by atoms with E-state index in [-0.39, 0.29) is 5.82 Å². The van der Waals surface area contributed by atoms with Crippen LogP contribution in [0.1, 0.15) is 10.4 Å². The van der Waals surface area contributed by atoms with Crippen molar-refractivity contribution in [2.75, 3.05) is 5.32 Å². The molecule has 5 heteroatoms. The van der Waals surface area contributed by atoms with E-state index in [1.165, 1.54) is 22.6 Å². The molecule has 0 atom stereocenters. The highest BCUT2D eigenvalue weighted by atomic mass is 32.1. The number of hydrogen-bond acceptors (Lipinski definition) is 4. The maximum Gasteiger partial charge on any atom is 0.142 e. The fraction of sp³-hybridized carbons (Fsp3) is 0.143. The lowest BCUT2D eigenvalue weighted by Crippen LogP contribution is -1.95. The van der Waals surface area contributed by atoms with Gasteiger partial charge in [0.1, 0.15) is 22.8 Å². The Kier molecular flexibility index (Phi) is 2.91. The van der Waals surface area contributed by atoms with Crippen LogP contribution in [0.2, 0.25) is 0 Å². The number of aryl methyl sites for hydroxylation is 2. The number of nitrogens with zero attached hydrogens (tertiary/aromatic N) is 2. The minimum Gasteiger partial charge on any atom is -0.340 e. The molecular weight excluding hydrogens is 261 g/mol. The topological polar surface area (TPSA) is 37.8 Å². The number of rotatable bonds is 2. The summed E-state index contributed by atoms with van der Waals surface area (Å²) in [4.78, 5) is 10.8. The van der Waals surface area contributed by atoms with E-state index >= 15 is 0 Å². The van der Waals surface area contributed by atoms with E-state index in [9.17, 15) is 4.39 Å². The number of anilines is 2. The molecule has 1 N–H and O–H groups in total. The van der Waals surface area contributed by atoms with Crippen LogP contribution in [-0.2, 0) is 0 Å². The van der Waals surface area contributed by atoms with Gasteiger partial charge in [0.25, 0.3) is 0 Å². The van der Waals surface area contributed by atoms with Crippen molar-refractivity contribution in [2.45, 2.75) is 13.8 Å². The lowest BCUT2D eigenvalue weighted by molar-refractivity contribution is 0.628. The van der Waals surface area contributed by atoms with Crippen molar-refractivity contribution in [3.8, 4) is 0 Å². The first-order valence-corrected chi connectivity index (χ1v) is 6.70. The van der Waals surface area contributed by atoms with Crippen molar-refractivity contribution < 1.29 is 4.39 Å². The molecule has 0 radical (unpaired) electrons. The number of fused-ring (bicyclic) bond motifs is 1. The zero-order chi connectivity index (χ0) is 13.4. The molecule has 0 aliphatic carbocycles. The Morgan fingerprint density at radius 3 is 2.58 bits per heavy atom. The Balaban J connectivity index is 2.07. The summed E-state index contributed by atoms with van der Waals surface area (Å²) in [5, 5.41) is 4.25. The molecule has 0 aliphatic rings. The SMILES string of the molecule is Cc1sc2ncnc(Nc3ccc(F)cc3)c2c1C. The quantitative estimate of drug-likeness (QED) is 0.760. The molecule has 0 fully saturated rings. The molecule has 3 aromatic rings. The molecule has 2 aromatic heterocycles. The number of thiophene rings is 1. The lowest BCUT2D eigenvalue weighted by Gasteiger charge is -2.07. The Hall–Kier alpha value is -2.01. The molecule has 2 heterocycles. The van der Waals surface area contributed by atoms with Crippen LogP contribution in [0.4, 0.5) is 15.9 Å². The predicted molar refractivity (Wildman–Crippen MR) is 76.6 cm³/mol. The Morgan fingerprint density at radius 2 is 1.84 bits per heavy atom. The molecule has 19 heavy (non-hydrogen) atoms. The number of hydrogen-bond donors (Lipinski definition) is 1. The molecule has 1 aromatic carbocycles. The summed E-state index contributed by atoms with van der Waals surface area (Å²) in [5.74, 6) is 0.513. The third kappa shape index (κ3) is 2.17. The van der Waals surface area contributed by atoms with Crippen molar-refractivity contribution in [3.05, 3.63) is 46.9 Å². The highest BCUT2D eigenvalue weighted by Crippen LogP contribution is 2.33. The summed E-state index contributed by atoms with van der Waals surface area (Å²) in [6.07, 6.45) is 1.55. The third-order valence-electron chi connectivity index (χ3n) is 3.07. The maximum absolute atomic E-state index is 12.9. The summed E-state index contributed by atoms with van der Waals surface area (Å²) in [5.41, 5.74) is 2.00. The van der Waals surface area contributed by atoms with Gasteiger partial charge in [0.15, 0.2) is 0 Å². The molecule has 96 valence electrons. The van der Waals surface area contributed by atoms with Crippen molar-refractivity contribution in [1.82, 2.24) is 9.97 Å². The van der Waals surface area contributed by atoms with E-state index in [2.05, 4.69) is 29.1 Å². The predicted octanol–water partition coefficient (Wildman–Crippen LogP) is 4.19. The van der Waals surface area contributed by atoms with E-state index in [1.807, 2.05) is 0 Å². The molecule has 0 spiro atoms. The van der Waals surface area contributed by atoms with Gasteiger partial charge in [-0.2, -0.15) is 0 Å². The van der Waals surface area contributed by atoms with Gasteiger partial charge in [0.2, 0.25) is 0 Å². The van der Waals surface area contributed by atoms with Gasteiger partial charge in [-0.25, -0.2) is 14.4 Å². The molecule has 3 nitrogen and oxygen atoms in total. The number of nitrogens with one attached hydrogen (secondary N) is 1. The van der Waals surface area contributed by atoms with Gasteiger partial charge in [0.05, 0.1) is 5.39 Å². The van der Waals surface area contributed by atoms with Crippen LogP contribution in [0.3, 0.4) is 0 Å². The molecule has 0 amide bonds. The van der Waals surface area contributed by atoms with Crippen LogP contribution in [0.15, 0.2) is 30.6 Å². The smallest absolute Gasteiger partial charge is 0.142 e. The van der Waals surface area contributed by atoms with Gasteiger partial charge < -0.3 is 5.32 Å². The normalized spacial score (nSPS) is 10.9. The largest absolute Gasteiger partial charge is 0.340 e. The van der Waals surface area contributed by atoms with Gasteiger partial charge in [0, 0.05) is 10.6 Å². The van der Waals surface area contributed by atoms with Crippen molar-refractivity contribution >= 4 is 33.1 Å². The molecule has 0 bridgehead atoms. The Morgan fingerprint density at radius 1 is 1.11 bits per heavy atom. The lowest BCUT2D eigenvalue weighted by atomic mass is 10.2. The number of aromatic nitrogens is 2. The zero-order valence-corrected chi connectivity index (χ0v) is 11.4. The summed E-state index contributed by atoms with van der Waals surface area (Å²) >= 11 is 1.65. The van der Waals surface area contributed by atoms with E-state index in [4.69, 9.17) is 0 Å². The fourth-order valence-corrected chi connectivity index (χ4v) is 2.94. The average molecular weight is 273 g/mol. The minimum absolute atomic E-state index is 0.249. The zero-order valence-electron chi connectivity index (χ0n) is 10.6. The van der Waals surface area contributed by atoms with Crippen molar-refractivity contribution in [2.24, 2.45) is 0 Å². The fourth-order valence-electron chi connectivity index (χ4n) is 1.95. The van der Waals surface area contributed by atoms with Crippen LogP contribution < -0.4 is 5.32 Å². The minimum atomic E-state index is -0.249. The van der Waals surface area contributed by atoms with E-state index < -0.39 is 0 Å². The van der Waals surface area contributed by atoms with Crippen LogP contribution in [-0.4, -0.2) is 9.97 Å². The second-order valence-corrected chi connectivity index (χ2v) is 5.52. The van der Waals surface area contributed by atoms with Gasteiger partial charge in [-0.15, -0.1) is 11.3 Å². The number of halogens is 1. The van der Waals surface area contributed by atoms with Crippen molar-refractivity contribution in [3.63, 3.8) is 0 Å². The first-order valence-electron chi connectivity index (χ1n) is 5.88. The Labute approximate surface area is 114 Å². The summed E-state index contributed by atoms with van der Waals surface area (Å²) in [6, 6.07) is 6.23. The summed E-state index contributed by atoms with van der Waals surface area (Å²) in [6.45, 7) is 4.14. The molecule has 0 saturated carbocycles. The Bertz CT molecular complexity index is 734. The highest BCUT2D eigenvalue weighted by molar-refractivity contribution is 7.18. The average Bonchev–Trinajstić information content (AvgIpc) is 2.69. The number of benzene rings is 1. The standard InChI is InChI=1S/C14H12FN3S/c1-8-9(2)19-14-12(8)13(16-7-17-14)18-11-5-3-10(15)4-6-11/h3-7H,1-2H3,(H,16,17,18).